The van der Waals surface area contributed by atoms with Gasteiger partial charge in [-0.3, -0.25) is 0 Å². The molecule has 2 atom stereocenters. The van der Waals surface area contributed by atoms with Gasteiger partial charge in [0.25, 0.3) is 0 Å². The fourth-order valence-electron chi connectivity index (χ4n) is 1.24. The highest BCUT2D eigenvalue weighted by Gasteiger charge is 2.17. The van der Waals surface area contributed by atoms with Gasteiger partial charge in [-0.2, -0.15) is 0 Å². The quantitative estimate of drug-likeness (QED) is 0.789. The van der Waals surface area contributed by atoms with Crippen LogP contribution in [0.5, 0.6) is 0 Å². The van der Waals surface area contributed by atoms with Crippen molar-refractivity contribution in [2.45, 2.75) is 19.1 Å². The minimum absolute atomic E-state index is 0.00721. The first kappa shape index (κ1) is 11.8. The molecule has 0 amide bonds. The first-order valence-electron chi connectivity index (χ1n) is 4.23. The molecule has 0 spiro atoms. The molecule has 0 aliphatic carbocycles. The van der Waals surface area contributed by atoms with Crippen LogP contribution < -0.4 is 0 Å². The van der Waals surface area contributed by atoms with Crippen LogP contribution in [-0.2, 0) is 0 Å². The van der Waals surface area contributed by atoms with Gasteiger partial charge < -0.3 is 10.2 Å². The molecule has 0 fully saturated rings. The number of aliphatic hydroxyl groups excluding tert-OH is 2. The van der Waals surface area contributed by atoms with Crippen LogP contribution in [0.15, 0.2) is 18.2 Å². The van der Waals surface area contributed by atoms with Gasteiger partial charge in [0.05, 0.1) is 12.0 Å². The third-order valence-electron chi connectivity index (χ3n) is 1.93. The van der Waals surface area contributed by atoms with Crippen molar-refractivity contribution in [2.75, 3.05) is 5.88 Å². The van der Waals surface area contributed by atoms with Crippen molar-refractivity contribution < 1.29 is 10.2 Å². The Morgan fingerprint density at radius 2 is 1.93 bits per heavy atom. The Balaban J connectivity index is 2.94. The SMILES string of the molecule is Cc1cc(Cl)cc(C(O)C(O)CCl)c1. The van der Waals surface area contributed by atoms with Gasteiger partial charge in [-0.1, -0.05) is 17.7 Å². The van der Waals surface area contributed by atoms with E-state index >= 15 is 0 Å². The maximum Gasteiger partial charge on any atom is 0.106 e. The summed E-state index contributed by atoms with van der Waals surface area (Å²) in [5.74, 6) is -0.00721. The summed E-state index contributed by atoms with van der Waals surface area (Å²) >= 11 is 11.2. The van der Waals surface area contributed by atoms with Crippen molar-refractivity contribution in [3.8, 4) is 0 Å². The molecule has 2 unspecified atom stereocenters. The zero-order valence-corrected chi connectivity index (χ0v) is 9.26. The van der Waals surface area contributed by atoms with Crippen LogP contribution in [0.3, 0.4) is 0 Å². The topological polar surface area (TPSA) is 40.5 Å². The zero-order chi connectivity index (χ0) is 10.7. The minimum Gasteiger partial charge on any atom is -0.389 e. The van der Waals surface area contributed by atoms with Crippen LogP contribution in [0.4, 0.5) is 0 Å². The van der Waals surface area contributed by atoms with Crippen molar-refractivity contribution >= 4 is 23.2 Å². The minimum atomic E-state index is -0.982. The molecule has 0 radical (unpaired) electrons. The Hall–Kier alpha value is -0.280. The highest BCUT2D eigenvalue weighted by atomic mass is 35.5. The second-order valence-electron chi connectivity index (χ2n) is 3.23. The molecular weight excluding hydrogens is 223 g/mol. The van der Waals surface area contributed by atoms with Gasteiger partial charge in [-0.25, -0.2) is 0 Å². The molecule has 1 aromatic rings. The van der Waals surface area contributed by atoms with Crippen molar-refractivity contribution in [2.24, 2.45) is 0 Å². The van der Waals surface area contributed by atoms with Crippen LogP contribution in [-0.4, -0.2) is 22.2 Å². The summed E-state index contributed by atoms with van der Waals surface area (Å²) in [6, 6.07) is 5.17. The van der Waals surface area contributed by atoms with E-state index in [0.717, 1.165) is 5.56 Å². The third-order valence-corrected chi connectivity index (χ3v) is 2.46. The number of halogens is 2. The summed E-state index contributed by atoms with van der Waals surface area (Å²) in [6.45, 7) is 1.87. The first-order valence-corrected chi connectivity index (χ1v) is 5.15. The van der Waals surface area contributed by atoms with Gasteiger partial charge in [-0.05, 0) is 30.2 Å². The number of rotatable bonds is 3. The number of hydrogen-bond acceptors (Lipinski definition) is 2. The van der Waals surface area contributed by atoms with E-state index in [1.807, 2.05) is 6.92 Å². The Bertz CT molecular complexity index is 295. The molecule has 0 saturated heterocycles. The predicted molar refractivity (Wildman–Crippen MR) is 57.9 cm³/mol. The van der Waals surface area contributed by atoms with E-state index in [0.29, 0.717) is 10.6 Å². The largest absolute Gasteiger partial charge is 0.389 e. The fraction of sp³-hybridized carbons (Fsp3) is 0.400. The number of aryl methyl sites for hydroxylation is 1. The first-order chi connectivity index (χ1) is 6.54. The summed E-state index contributed by atoms with van der Waals surface area (Å²) in [5.41, 5.74) is 1.52. The van der Waals surface area contributed by atoms with Crippen LogP contribution in [0.1, 0.15) is 17.2 Å². The fourth-order valence-corrected chi connectivity index (χ4v) is 1.71. The lowest BCUT2D eigenvalue weighted by Crippen LogP contribution is -2.19. The molecule has 1 rings (SSSR count). The molecule has 14 heavy (non-hydrogen) atoms. The average molecular weight is 235 g/mol. The molecule has 0 saturated carbocycles. The number of aliphatic hydroxyl groups is 2. The molecule has 1 aromatic carbocycles. The van der Waals surface area contributed by atoms with E-state index in [9.17, 15) is 10.2 Å². The summed E-state index contributed by atoms with van der Waals surface area (Å²) in [4.78, 5) is 0. The van der Waals surface area contributed by atoms with E-state index in [-0.39, 0.29) is 5.88 Å². The molecule has 4 heteroatoms. The van der Waals surface area contributed by atoms with Crippen molar-refractivity contribution in [3.05, 3.63) is 34.3 Å². The van der Waals surface area contributed by atoms with Crippen molar-refractivity contribution in [3.63, 3.8) is 0 Å². The maximum absolute atomic E-state index is 9.64. The molecular formula is C10H12Cl2O2. The zero-order valence-electron chi connectivity index (χ0n) is 7.74. The van der Waals surface area contributed by atoms with Gasteiger partial charge in [0.15, 0.2) is 0 Å². The Morgan fingerprint density at radius 3 is 2.43 bits per heavy atom. The van der Waals surface area contributed by atoms with Crippen LogP contribution in [0, 0.1) is 6.92 Å². The summed E-state index contributed by atoms with van der Waals surface area (Å²) in [6.07, 6.45) is -1.94. The summed E-state index contributed by atoms with van der Waals surface area (Å²) in [5, 5.41) is 19.5. The highest BCUT2D eigenvalue weighted by Crippen LogP contribution is 2.23. The lowest BCUT2D eigenvalue weighted by Gasteiger charge is -2.16. The number of benzene rings is 1. The third kappa shape index (κ3) is 2.85. The summed E-state index contributed by atoms with van der Waals surface area (Å²) < 4.78 is 0. The van der Waals surface area contributed by atoms with Crippen LogP contribution in [0.2, 0.25) is 5.02 Å². The average Bonchev–Trinajstić information content (AvgIpc) is 2.14. The maximum atomic E-state index is 9.64. The van der Waals surface area contributed by atoms with Gasteiger partial charge in [0.2, 0.25) is 0 Å². The molecule has 0 bridgehead atoms. The Morgan fingerprint density at radius 1 is 1.29 bits per heavy atom. The Labute approximate surface area is 93.1 Å². The molecule has 2 N–H and O–H groups in total. The predicted octanol–water partition coefficient (Wildman–Crippen LogP) is 2.28. The van der Waals surface area contributed by atoms with Crippen molar-refractivity contribution in [1.82, 2.24) is 0 Å². The van der Waals surface area contributed by atoms with E-state index in [4.69, 9.17) is 23.2 Å². The van der Waals surface area contributed by atoms with Gasteiger partial charge in [-0.15, -0.1) is 11.6 Å². The van der Waals surface area contributed by atoms with E-state index in [2.05, 4.69) is 0 Å². The van der Waals surface area contributed by atoms with E-state index < -0.39 is 12.2 Å². The van der Waals surface area contributed by atoms with Crippen LogP contribution >= 0.6 is 23.2 Å². The molecule has 2 nitrogen and oxygen atoms in total. The second kappa shape index (κ2) is 4.99. The number of alkyl halides is 1. The van der Waals surface area contributed by atoms with E-state index in [1.165, 1.54) is 0 Å². The molecule has 0 heterocycles. The number of hydrogen-bond donors (Lipinski definition) is 2. The lowest BCUT2D eigenvalue weighted by atomic mass is 10.0. The van der Waals surface area contributed by atoms with Gasteiger partial charge >= 0.3 is 0 Å². The lowest BCUT2D eigenvalue weighted by molar-refractivity contribution is 0.0327. The normalized spacial score (nSPS) is 15.2. The van der Waals surface area contributed by atoms with E-state index in [1.54, 1.807) is 18.2 Å². The molecule has 0 aromatic heterocycles. The smallest absolute Gasteiger partial charge is 0.106 e. The molecule has 0 aliphatic rings. The van der Waals surface area contributed by atoms with Crippen LogP contribution in [0.25, 0.3) is 0 Å². The van der Waals surface area contributed by atoms with Crippen molar-refractivity contribution in [1.29, 1.82) is 0 Å². The summed E-state index contributed by atoms with van der Waals surface area (Å²) in [7, 11) is 0. The molecule has 78 valence electrons. The standard InChI is InChI=1S/C10H12Cl2O2/c1-6-2-7(4-8(12)3-6)10(14)9(13)5-11/h2-4,9-10,13-14H,5H2,1H3. The van der Waals surface area contributed by atoms with Gasteiger partial charge in [0, 0.05) is 5.02 Å². The Kier molecular flexibility index (Phi) is 4.20. The van der Waals surface area contributed by atoms with Gasteiger partial charge in [0.1, 0.15) is 6.10 Å². The highest BCUT2D eigenvalue weighted by molar-refractivity contribution is 6.30. The molecule has 0 aliphatic heterocycles. The monoisotopic (exact) mass is 234 g/mol. The second-order valence-corrected chi connectivity index (χ2v) is 3.97.